The summed E-state index contributed by atoms with van der Waals surface area (Å²) >= 11 is 0. The van der Waals surface area contributed by atoms with Crippen LogP contribution in [0.25, 0.3) is 10.4 Å². The number of hydrogen-bond acceptors (Lipinski definition) is 4. The van der Waals surface area contributed by atoms with Crippen molar-refractivity contribution in [1.82, 2.24) is 0 Å². The van der Waals surface area contributed by atoms with Crippen LogP contribution in [0.3, 0.4) is 0 Å². The first kappa shape index (κ1) is 12.6. The molecule has 2 aliphatic rings. The molecule has 0 spiro atoms. The number of ether oxygens (including phenoxy) is 3. The van der Waals surface area contributed by atoms with Gasteiger partial charge >= 0.3 is 0 Å². The van der Waals surface area contributed by atoms with Gasteiger partial charge in [-0.05, 0) is 32.2 Å². The summed E-state index contributed by atoms with van der Waals surface area (Å²) in [5, 5.41) is 3.88. The highest BCUT2D eigenvalue weighted by molar-refractivity contribution is 5.06. The first-order valence-corrected chi connectivity index (χ1v) is 6.05. The summed E-state index contributed by atoms with van der Waals surface area (Å²) in [6.45, 7) is 7.72. The van der Waals surface area contributed by atoms with Crippen molar-refractivity contribution in [1.29, 1.82) is 0 Å². The van der Waals surface area contributed by atoms with Crippen LogP contribution >= 0.6 is 0 Å². The fourth-order valence-electron chi connectivity index (χ4n) is 2.72. The summed E-state index contributed by atoms with van der Waals surface area (Å²) < 4.78 is 17.4. The first-order valence-electron chi connectivity index (χ1n) is 6.05. The molecular formula is C11H19N3O3. The van der Waals surface area contributed by atoms with Gasteiger partial charge in [0.25, 0.3) is 0 Å². The fraction of sp³-hybridized carbons (Fsp3) is 1.00. The Bertz CT molecular complexity index is 348. The minimum Gasteiger partial charge on any atom is -0.343 e. The first-order chi connectivity index (χ1) is 7.98. The van der Waals surface area contributed by atoms with E-state index in [1.807, 2.05) is 27.7 Å². The Balaban J connectivity index is 2.30. The van der Waals surface area contributed by atoms with Crippen LogP contribution in [-0.4, -0.2) is 29.8 Å². The molecule has 2 heterocycles. The van der Waals surface area contributed by atoms with Crippen LogP contribution in [-0.2, 0) is 14.2 Å². The molecule has 2 rings (SSSR count). The third-order valence-corrected chi connectivity index (χ3v) is 3.66. The number of hydrogen-bond donors (Lipinski definition) is 0. The topological polar surface area (TPSA) is 76.5 Å². The van der Waals surface area contributed by atoms with Crippen LogP contribution in [0.5, 0.6) is 0 Å². The van der Waals surface area contributed by atoms with Gasteiger partial charge < -0.3 is 14.2 Å². The van der Waals surface area contributed by atoms with Gasteiger partial charge in [0.15, 0.2) is 12.1 Å². The zero-order valence-electron chi connectivity index (χ0n) is 10.7. The highest BCUT2D eigenvalue weighted by Gasteiger charge is 2.59. The molecule has 0 N–H and O–H groups in total. The molecule has 0 radical (unpaired) electrons. The van der Waals surface area contributed by atoms with Crippen LogP contribution < -0.4 is 0 Å². The lowest BCUT2D eigenvalue weighted by Crippen LogP contribution is -2.42. The van der Waals surface area contributed by atoms with Gasteiger partial charge in [-0.3, -0.25) is 0 Å². The second kappa shape index (κ2) is 4.14. The summed E-state index contributed by atoms with van der Waals surface area (Å²) in [4.78, 5) is 2.93. The maximum absolute atomic E-state index is 8.71. The summed E-state index contributed by atoms with van der Waals surface area (Å²) in [6, 6.07) is -0.325. The van der Waals surface area contributed by atoms with Gasteiger partial charge in [-0.1, -0.05) is 19.0 Å². The maximum Gasteiger partial charge on any atom is 0.188 e. The molecular weight excluding hydrogens is 222 g/mol. The Morgan fingerprint density at radius 2 is 1.82 bits per heavy atom. The molecule has 2 saturated heterocycles. The van der Waals surface area contributed by atoms with E-state index < -0.39 is 17.7 Å². The second-order valence-corrected chi connectivity index (χ2v) is 5.01. The summed E-state index contributed by atoms with van der Waals surface area (Å²) in [5.41, 5.74) is 8.25. The van der Waals surface area contributed by atoms with Gasteiger partial charge in [-0.15, -0.1) is 0 Å². The molecule has 0 bridgehead atoms. The second-order valence-electron chi connectivity index (χ2n) is 5.01. The SMILES string of the molecule is CCC1(CC)O[C@@H]2OC(C)(C)O[C@@H]2[C@@H]1N=[N+]=[N-]. The Morgan fingerprint density at radius 3 is 2.35 bits per heavy atom. The van der Waals surface area contributed by atoms with Gasteiger partial charge in [-0.2, -0.15) is 0 Å². The monoisotopic (exact) mass is 241 g/mol. The van der Waals surface area contributed by atoms with E-state index in [2.05, 4.69) is 10.0 Å². The minimum atomic E-state index is -0.674. The molecule has 0 aromatic rings. The Kier molecular flexibility index (Phi) is 3.08. The average Bonchev–Trinajstić information content (AvgIpc) is 2.71. The van der Waals surface area contributed by atoms with Crippen molar-refractivity contribution < 1.29 is 14.2 Å². The molecule has 0 aliphatic carbocycles. The predicted molar refractivity (Wildman–Crippen MR) is 61.2 cm³/mol. The molecule has 0 aromatic carbocycles. The average molecular weight is 241 g/mol. The Labute approximate surface area is 101 Å². The molecule has 0 saturated carbocycles. The van der Waals surface area contributed by atoms with Gasteiger partial charge in [-0.25, -0.2) is 0 Å². The zero-order chi connectivity index (χ0) is 12.7. The molecule has 2 aliphatic heterocycles. The minimum absolute atomic E-state index is 0.305. The zero-order valence-corrected chi connectivity index (χ0v) is 10.7. The summed E-state index contributed by atoms with van der Waals surface area (Å²) in [5.74, 6) is -0.674. The largest absolute Gasteiger partial charge is 0.343 e. The van der Waals surface area contributed by atoms with Crippen LogP contribution in [0.2, 0.25) is 0 Å². The highest BCUT2D eigenvalue weighted by atomic mass is 16.8. The van der Waals surface area contributed by atoms with E-state index in [0.29, 0.717) is 0 Å². The van der Waals surface area contributed by atoms with Gasteiger partial charge in [0.1, 0.15) is 6.10 Å². The van der Waals surface area contributed by atoms with Gasteiger partial charge in [0.05, 0.1) is 11.6 Å². The summed E-state index contributed by atoms with van der Waals surface area (Å²) in [7, 11) is 0. The number of nitrogens with zero attached hydrogens (tertiary/aromatic N) is 3. The van der Waals surface area contributed by atoms with E-state index in [9.17, 15) is 0 Å². The van der Waals surface area contributed by atoms with Crippen molar-refractivity contribution >= 4 is 0 Å². The normalized spacial score (nSPS) is 37.5. The van der Waals surface area contributed by atoms with Crippen LogP contribution in [0.4, 0.5) is 0 Å². The standard InChI is InChI=1S/C11H19N3O3/c1-5-11(6-2)8(13-14-12)7-9(17-11)16-10(3,4)15-7/h7-9H,5-6H2,1-4H3/t7-,8+,9+/m1/s1. The van der Waals surface area contributed by atoms with E-state index in [0.717, 1.165) is 12.8 Å². The maximum atomic E-state index is 8.71. The molecule has 0 amide bonds. The molecule has 2 fully saturated rings. The molecule has 6 nitrogen and oxygen atoms in total. The van der Waals surface area contributed by atoms with Crippen molar-refractivity contribution in [2.75, 3.05) is 0 Å². The van der Waals surface area contributed by atoms with E-state index in [1.165, 1.54) is 0 Å². The number of fused-ring (bicyclic) bond motifs is 1. The Hall–Kier alpha value is -0.810. The third kappa shape index (κ3) is 1.91. The van der Waals surface area contributed by atoms with E-state index >= 15 is 0 Å². The predicted octanol–water partition coefficient (Wildman–Crippen LogP) is 2.73. The molecule has 6 heteroatoms. The summed E-state index contributed by atoms with van der Waals surface area (Å²) in [6.07, 6.45) is 0.807. The highest BCUT2D eigenvalue weighted by Crippen LogP contribution is 2.46. The molecule has 0 unspecified atom stereocenters. The van der Waals surface area contributed by atoms with Crippen molar-refractivity contribution in [3.63, 3.8) is 0 Å². The number of azide groups is 1. The third-order valence-electron chi connectivity index (χ3n) is 3.66. The van der Waals surface area contributed by atoms with Gasteiger partial charge in [0.2, 0.25) is 0 Å². The lowest BCUT2D eigenvalue weighted by Gasteiger charge is -2.33. The van der Waals surface area contributed by atoms with Crippen LogP contribution in [0.15, 0.2) is 5.11 Å². The number of rotatable bonds is 3. The lowest BCUT2D eigenvalue weighted by atomic mass is 9.88. The van der Waals surface area contributed by atoms with Crippen LogP contribution in [0, 0.1) is 0 Å². The van der Waals surface area contributed by atoms with E-state index in [4.69, 9.17) is 19.7 Å². The lowest BCUT2D eigenvalue weighted by molar-refractivity contribution is -0.228. The van der Waals surface area contributed by atoms with Crippen molar-refractivity contribution in [2.24, 2.45) is 5.11 Å². The van der Waals surface area contributed by atoms with Crippen molar-refractivity contribution in [2.45, 2.75) is 70.4 Å². The molecule has 96 valence electrons. The fourth-order valence-corrected chi connectivity index (χ4v) is 2.72. The molecule has 3 atom stereocenters. The smallest absolute Gasteiger partial charge is 0.188 e. The van der Waals surface area contributed by atoms with Crippen molar-refractivity contribution in [3.05, 3.63) is 10.4 Å². The van der Waals surface area contributed by atoms with Gasteiger partial charge in [0, 0.05) is 4.91 Å². The quantitative estimate of drug-likeness (QED) is 0.433. The Morgan fingerprint density at radius 1 is 1.18 bits per heavy atom. The molecule has 17 heavy (non-hydrogen) atoms. The van der Waals surface area contributed by atoms with Crippen molar-refractivity contribution in [3.8, 4) is 0 Å². The van der Waals surface area contributed by atoms with E-state index in [-0.39, 0.29) is 12.1 Å². The van der Waals surface area contributed by atoms with E-state index in [1.54, 1.807) is 0 Å². The molecule has 0 aromatic heterocycles. The van der Waals surface area contributed by atoms with Crippen LogP contribution in [0.1, 0.15) is 40.5 Å².